The zero-order chi connectivity index (χ0) is 27.7. The molecule has 0 aliphatic rings. The molecule has 0 fully saturated rings. The van der Waals surface area contributed by atoms with Crippen molar-refractivity contribution < 1.29 is 32.7 Å². The Morgan fingerprint density at radius 1 is 0.784 bits per heavy atom. The molecule has 0 radical (unpaired) electrons. The Kier molecular flexibility index (Phi) is 10.9. The van der Waals surface area contributed by atoms with Crippen LogP contribution in [0.25, 0.3) is 0 Å². The molecule has 0 heterocycles. The van der Waals surface area contributed by atoms with Crippen molar-refractivity contribution >= 4 is 19.7 Å². The molecule has 1 amide bonds. The zero-order valence-corrected chi connectivity index (χ0v) is 23.7. The molecule has 1 N–H and O–H groups in total. The number of alkyl carbamates (subject to hydrolysis) is 1. The summed E-state index contributed by atoms with van der Waals surface area (Å²) in [4.78, 5) is 25.8. The molecule has 37 heavy (non-hydrogen) atoms. The van der Waals surface area contributed by atoms with Gasteiger partial charge in [-0.1, -0.05) is 67.6 Å². The van der Waals surface area contributed by atoms with Gasteiger partial charge in [0, 0.05) is 0 Å². The molecule has 204 valence electrons. The number of rotatable bonds is 11. The fourth-order valence-electron chi connectivity index (χ4n) is 3.53. The van der Waals surface area contributed by atoms with Crippen LogP contribution < -0.4 is 5.32 Å². The van der Waals surface area contributed by atoms with Crippen molar-refractivity contribution in [3.63, 3.8) is 0 Å². The maximum absolute atomic E-state index is 13.8. The second-order valence-electron chi connectivity index (χ2n) is 11.0. The highest BCUT2D eigenvalue weighted by Gasteiger charge is 2.40. The summed E-state index contributed by atoms with van der Waals surface area (Å²) in [5.74, 6) is -1.34. The summed E-state index contributed by atoms with van der Waals surface area (Å²) < 4.78 is 36.4. The minimum absolute atomic E-state index is 0.0261. The Bertz CT molecular complexity index is 1030. The molecule has 2 aromatic carbocycles. The molecule has 0 aliphatic carbocycles. The summed E-state index contributed by atoms with van der Waals surface area (Å²) in [6.07, 6.45) is -0.910. The van der Waals surface area contributed by atoms with Gasteiger partial charge in [-0.3, -0.25) is 4.57 Å². The van der Waals surface area contributed by atoms with Gasteiger partial charge >= 0.3 is 19.7 Å². The molecular weight excluding hydrogens is 493 g/mol. The van der Waals surface area contributed by atoms with Gasteiger partial charge in [0.1, 0.15) is 19.3 Å². The summed E-state index contributed by atoms with van der Waals surface area (Å²) in [5.41, 5.74) is 0.0832. The number of hydrogen-bond acceptors (Lipinski definition) is 7. The summed E-state index contributed by atoms with van der Waals surface area (Å²) in [6, 6.07) is 17.2. The lowest BCUT2D eigenvalue weighted by atomic mass is 10.0. The highest BCUT2D eigenvalue weighted by Crippen LogP contribution is 2.55. The van der Waals surface area contributed by atoms with Crippen molar-refractivity contribution in [2.75, 3.05) is 6.16 Å². The summed E-state index contributed by atoms with van der Waals surface area (Å²) >= 11 is 0. The number of benzene rings is 2. The third kappa shape index (κ3) is 11.9. The van der Waals surface area contributed by atoms with Crippen LogP contribution in [0.5, 0.6) is 0 Å². The molecule has 0 aromatic heterocycles. The van der Waals surface area contributed by atoms with Crippen LogP contribution in [0.1, 0.15) is 59.6 Å². The van der Waals surface area contributed by atoms with Crippen molar-refractivity contribution in [2.45, 2.75) is 78.9 Å². The molecule has 0 saturated heterocycles. The fourth-order valence-corrected chi connectivity index (χ4v) is 6.30. The normalized spacial score (nSPS) is 13.9. The van der Waals surface area contributed by atoms with Crippen LogP contribution in [0.3, 0.4) is 0 Å². The van der Waals surface area contributed by atoms with E-state index in [1.54, 1.807) is 48.5 Å². The number of carbonyl (C=O) groups is 2. The van der Waals surface area contributed by atoms with E-state index in [-0.39, 0.29) is 19.4 Å². The second kappa shape index (κ2) is 13.2. The van der Waals surface area contributed by atoms with E-state index in [4.69, 9.17) is 18.5 Å². The monoisotopic (exact) mass is 533 g/mol. The fraction of sp³-hybridized carbons (Fsp3) is 0.500. The highest BCUT2D eigenvalue weighted by atomic mass is 31.2. The van der Waals surface area contributed by atoms with Crippen LogP contribution in [-0.2, 0) is 41.1 Å². The van der Waals surface area contributed by atoms with E-state index in [0.717, 1.165) is 11.1 Å². The summed E-state index contributed by atoms with van der Waals surface area (Å²) in [6.45, 7) is 12.4. The topological polar surface area (TPSA) is 100 Å². The Morgan fingerprint density at radius 3 is 1.65 bits per heavy atom. The molecule has 2 rings (SSSR count). The first-order valence-electron chi connectivity index (χ1n) is 12.3. The Balaban J connectivity index is 2.20. The van der Waals surface area contributed by atoms with Crippen LogP contribution in [0, 0.1) is 5.92 Å². The second-order valence-corrected chi connectivity index (χ2v) is 12.9. The van der Waals surface area contributed by atoms with Gasteiger partial charge in [-0.15, -0.1) is 0 Å². The molecule has 0 bridgehead atoms. The molecule has 8 nitrogen and oxygen atoms in total. The third-order valence-corrected chi connectivity index (χ3v) is 7.55. The van der Waals surface area contributed by atoms with E-state index in [9.17, 15) is 14.2 Å². The molecule has 2 aromatic rings. The van der Waals surface area contributed by atoms with Gasteiger partial charge in [0.2, 0.25) is 0 Å². The van der Waals surface area contributed by atoms with Crippen LogP contribution >= 0.6 is 7.60 Å². The van der Waals surface area contributed by atoms with Crippen LogP contribution in [0.2, 0.25) is 0 Å². The first-order chi connectivity index (χ1) is 17.2. The molecule has 0 aliphatic heterocycles. The van der Waals surface area contributed by atoms with Crippen LogP contribution in [-0.4, -0.2) is 35.5 Å². The van der Waals surface area contributed by atoms with Gasteiger partial charge in [-0.25, -0.2) is 9.59 Å². The molecule has 0 unspecified atom stereocenters. The average molecular weight is 534 g/mol. The number of carbonyl (C=O) groups excluding carboxylic acids is 2. The Labute approximate surface area is 220 Å². The van der Waals surface area contributed by atoms with Crippen molar-refractivity contribution in [3.05, 3.63) is 71.8 Å². The maximum atomic E-state index is 13.8. The van der Waals surface area contributed by atoms with E-state index in [1.807, 2.05) is 60.7 Å². The van der Waals surface area contributed by atoms with E-state index >= 15 is 0 Å². The molecule has 0 saturated carbocycles. The number of ether oxygens (including phenoxy) is 2. The first-order valence-corrected chi connectivity index (χ1v) is 14.1. The van der Waals surface area contributed by atoms with Crippen LogP contribution in [0.15, 0.2) is 60.7 Å². The molecular formula is C28H40NO7P. The minimum atomic E-state index is -3.70. The van der Waals surface area contributed by atoms with Gasteiger partial charge in [0.05, 0.1) is 17.4 Å². The largest absolute Gasteiger partial charge is 0.459 e. The quantitative estimate of drug-likeness (QED) is 0.260. The lowest BCUT2D eigenvalue weighted by Gasteiger charge is -2.34. The SMILES string of the molecule is C[C@@H](CP(=O)(OC(C)(C)C)OC(C)(C)C)[C@H](NC(=O)OCc1ccccc1)C(=O)OCc1ccccc1. The number of amides is 1. The Morgan fingerprint density at radius 2 is 1.22 bits per heavy atom. The predicted molar refractivity (Wildman–Crippen MR) is 143 cm³/mol. The summed E-state index contributed by atoms with van der Waals surface area (Å²) in [7, 11) is -3.70. The van der Waals surface area contributed by atoms with E-state index in [1.165, 1.54) is 0 Å². The van der Waals surface area contributed by atoms with Gasteiger partial charge in [-0.05, 0) is 58.6 Å². The van der Waals surface area contributed by atoms with Gasteiger partial charge in [0.25, 0.3) is 0 Å². The van der Waals surface area contributed by atoms with E-state index in [2.05, 4.69) is 5.32 Å². The molecule has 9 heteroatoms. The standard InChI is InChI=1S/C28H40NO7P/c1-21(20-37(32,35-27(2,3)4)36-28(5,6)7)24(25(30)33-18-22-14-10-8-11-15-22)29-26(31)34-19-23-16-12-9-13-17-23/h8-17,21,24H,18-20H2,1-7H3,(H,29,31)/t21-,24-/m0/s1. The maximum Gasteiger partial charge on any atom is 0.408 e. The lowest BCUT2D eigenvalue weighted by molar-refractivity contribution is -0.148. The lowest BCUT2D eigenvalue weighted by Crippen LogP contribution is -2.47. The zero-order valence-electron chi connectivity index (χ0n) is 22.9. The van der Waals surface area contributed by atoms with Crippen molar-refractivity contribution in [2.24, 2.45) is 5.92 Å². The minimum Gasteiger partial charge on any atom is -0.459 e. The first kappa shape index (κ1) is 30.6. The van der Waals surface area contributed by atoms with Gasteiger partial charge in [-0.2, -0.15) is 0 Å². The number of hydrogen-bond donors (Lipinski definition) is 1. The van der Waals surface area contributed by atoms with Crippen molar-refractivity contribution in [1.82, 2.24) is 5.32 Å². The number of esters is 1. The van der Waals surface area contributed by atoms with Crippen LogP contribution in [0.4, 0.5) is 4.79 Å². The molecule has 2 atom stereocenters. The van der Waals surface area contributed by atoms with Crippen molar-refractivity contribution in [1.29, 1.82) is 0 Å². The third-order valence-electron chi connectivity index (χ3n) is 4.87. The predicted octanol–water partition coefficient (Wildman–Crippen LogP) is 6.48. The average Bonchev–Trinajstić information content (AvgIpc) is 2.78. The molecule has 0 spiro atoms. The Hall–Kier alpha value is -2.67. The number of nitrogens with one attached hydrogen (secondary N) is 1. The van der Waals surface area contributed by atoms with Gasteiger partial charge < -0.3 is 23.8 Å². The van der Waals surface area contributed by atoms with Crippen molar-refractivity contribution in [3.8, 4) is 0 Å². The highest BCUT2D eigenvalue weighted by molar-refractivity contribution is 7.53. The van der Waals surface area contributed by atoms with Gasteiger partial charge in [0.15, 0.2) is 0 Å². The summed E-state index contributed by atoms with van der Waals surface area (Å²) in [5, 5.41) is 2.60. The van der Waals surface area contributed by atoms with E-state index in [0.29, 0.717) is 0 Å². The van der Waals surface area contributed by atoms with E-state index < -0.39 is 42.8 Å². The smallest absolute Gasteiger partial charge is 0.408 e.